The van der Waals surface area contributed by atoms with Gasteiger partial charge in [0.25, 0.3) is 5.91 Å². The average molecular weight is 433 g/mol. The molecule has 162 valence electrons. The molecule has 1 aromatic rings. The van der Waals surface area contributed by atoms with Crippen LogP contribution in [0, 0.1) is 17.7 Å². The Morgan fingerprint density at radius 2 is 1.93 bits per heavy atom. The van der Waals surface area contributed by atoms with Gasteiger partial charge in [0.05, 0.1) is 12.2 Å². The van der Waals surface area contributed by atoms with E-state index in [4.69, 9.17) is 4.74 Å². The van der Waals surface area contributed by atoms with Gasteiger partial charge in [-0.1, -0.05) is 11.6 Å². The molecule has 0 bridgehead atoms. The minimum Gasteiger partial charge on any atom is -0.493 e. The van der Waals surface area contributed by atoms with Crippen molar-refractivity contribution in [3.05, 3.63) is 40.7 Å². The molecular formula is C23H29FN2O3S. The monoisotopic (exact) mass is 432 g/mol. The molecule has 2 unspecified atom stereocenters. The predicted molar refractivity (Wildman–Crippen MR) is 114 cm³/mol. The van der Waals surface area contributed by atoms with Crippen LogP contribution in [0.5, 0.6) is 5.75 Å². The van der Waals surface area contributed by atoms with Crippen molar-refractivity contribution in [2.45, 2.75) is 57.3 Å². The predicted octanol–water partition coefficient (Wildman–Crippen LogP) is 4.23. The number of nitrogens with zero attached hydrogens (tertiary/aromatic N) is 1. The van der Waals surface area contributed by atoms with Gasteiger partial charge in [0.2, 0.25) is 0 Å². The largest absolute Gasteiger partial charge is 0.493 e. The van der Waals surface area contributed by atoms with Gasteiger partial charge in [-0.05, 0) is 80.8 Å². The van der Waals surface area contributed by atoms with Crippen LogP contribution in [0.1, 0.15) is 73.2 Å². The summed E-state index contributed by atoms with van der Waals surface area (Å²) in [6, 6.07) is 2.96. The van der Waals surface area contributed by atoms with Crippen LogP contribution in [0.4, 0.5) is 4.39 Å². The number of nitrogens with one attached hydrogen (secondary N) is 1. The lowest BCUT2D eigenvalue weighted by Gasteiger charge is -2.28. The second kappa shape index (κ2) is 8.42. The minimum atomic E-state index is -1.60. The van der Waals surface area contributed by atoms with Gasteiger partial charge in [0, 0.05) is 19.2 Å². The number of carbonyl (C=O) groups excluding carboxylic acids is 1. The first-order chi connectivity index (χ1) is 14.6. The van der Waals surface area contributed by atoms with E-state index in [0.717, 1.165) is 50.0 Å². The molecule has 0 aromatic heterocycles. The van der Waals surface area contributed by atoms with Crippen LogP contribution in [0.15, 0.2) is 23.8 Å². The average Bonchev–Trinajstić information content (AvgIpc) is 3.58. The summed E-state index contributed by atoms with van der Waals surface area (Å²) in [6.07, 6.45) is 11.4. The van der Waals surface area contributed by atoms with Gasteiger partial charge in [-0.3, -0.25) is 9.52 Å². The maximum absolute atomic E-state index is 14.8. The van der Waals surface area contributed by atoms with E-state index in [1.54, 1.807) is 15.9 Å². The molecular weight excluding hydrogens is 403 g/mol. The maximum atomic E-state index is 14.8. The highest BCUT2D eigenvalue weighted by atomic mass is 32.2. The smallest absolute Gasteiger partial charge is 0.266 e. The van der Waals surface area contributed by atoms with E-state index in [0.29, 0.717) is 37.3 Å². The summed E-state index contributed by atoms with van der Waals surface area (Å²) >= 11 is -1.60. The first-order valence-corrected chi connectivity index (χ1v) is 12.3. The van der Waals surface area contributed by atoms with E-state index in [2.05, 4.69) is 10.8 Å². The van der Waals surface area contributed by atoms with Crippen molar-refractivity contribution in [3.63, 3.8) is 0 Å². The van der Waals surface area contributed by atoms with Crippen molar-refractivity contribution in [2.24, 2.45) is 11.8 Å². The van der Waals surface area contributed by atoms with Gasteiger partial charge in [-0.2, -0.15) is 0 Å². The number of amides is 1. The summed E-state index contributed by atoms with van der Waals surface area (Å²) in [5, 5.41) is 0. The van der Waals surface area contributed by atoms with Crippen molar-refractivity contribution < 1.29 is 18.1 Å². The number of halogens is 1. The number of hydrogen-bond acceptors (Lipinski definition) is 3. The highest BCUT2D eigenvalue weighted by Crippen LogP contribution is 2.46. The molecule has 1 N–H and O–H groups in total. The van der Waals surface area contributed by atoms with Crippen LogP contribution in [0.3, 0.4) is 0 Å². The molecule has 3 aliphatic carbocycles. The van der Waals surface area contributed by atoms with Crippen molar-refractivity contribution in [1.29, 1.82) is 0 Å². The Labute approximate surface area is 179 Å². The Bertz CT molecular complexity index is 891. The second-order valence-corrected chi connectivity index (χ2v) is 10.3. The fraction of sp³-hybridized carbons (Fsp3) is 0.609. The van der Waals surface area contributed by atoms with Gasteiger partial charge in [-0.15, -0.1) is 0 Å². The van der Waals surface area contributed by atoms with Crippen molar-refractivity contribution in [2.75, 3.05) is 19.7 Å². The molecule has 30 heavy (non-hydrogen) atoms. The molecule has 0 radical (unpaired) electrons. The molecule has 7 heteroatoms. The third-order valence-electron chi connectivity index (χ3n) is 6.72. The highest BCUT2D eigenvalue weighted by Gasteiger charge is 2.31. The van der Waals surface area contributed by atoms with Gasteiger partial charge in [0.1, 0.15) is 11.6 Å². The summed E-state index contributed by atoms with van der Waals surface area (Å²) in [4.78, 5) is 12.5. The minimum absolute atomic E-state index is 0.0483. The Kier molecular flexibility index (Phi) is 5.67. The summed E-state index contributed by atoms with van der Waals surface area (Å²) in [5.41, 5.74) is 2.48. The van der Waals surface area contributed by atoms with Crippen LogP contribution in [0.25, 0.3) is 0 Å². The standard InChI is InChI=1S/C23H29FN2O3S/c24-21-13-22(29-14-15-2-4-16(5-3-15)17-6-7-17)19(18-8-9-18)12-20(21)23(27)25-30(28)26-10-1-11-26/h4,12-13,15,17-18H,1-3,5-11,14H2,(H,25,27). The summed E-state index contributed by atoms with van der Waals surface area (Å²) in [5.74, 6) is 0.942. The molecule has 2 atom stereocenters. The van der Waals surface area contributed by atoms with Crippen molar-refractivity contribution in [3.8, 4) is 5.75 Å². The van der Waals surface area contributed by atoms with E-state index in [1.165, 1.54) is 18.9 Å². The molecule has 2 saturated carbocycles. The lowest BCUT2D eigenvalue weighted by Crippen LogP contribution is -2.45. The van der Waals surface area contributed by atoms with Crippen LogP contribution in [-0.4, -0.2) is 34.1 Å². The van der Waals surface area contributed by atoms with Gasteiger partial charge in [0.15, 0.2) is 11.2 Å². The maximum Gasteiger partial charge on any atom is 0.266 e. The van der Waals surface area contributed by atoms with E-state index < -0.39 is 22.9 Å². The highest BCUT2D eigenvalue weighted by molar-refractivity contribution is 7.81. The van der Waals surface area contributed by atoms with Gasteiger partial charge < -0.3 is 4.74 Å². The molecule has 1 heterocycles. The first kappa shape index (κ1) is 20.2. The third-order valence-corrected chi connectivity index (χ3v) is 7.92. The zero-order valence-corrected chi connectivity index (χ0v) is 18.0. The van der Waals surface area contributed by atoms with E-state index >= 15 is 0 Å². The van der Waals surface area contributed by atoms with Crippen molar-refractivity contribution in [1.82, 2.24) is 9.03 Å². The number of carbonyl (C=O) groups is 1. The SMILES string of the molecule is O=C(NS(=O)N1CCC1)c1cc(C2CC2)c(OCC2CC=C(C3CC3)CC2)cc1F. The molecule has 1 saturated heterocycles. The number of hydrogen-bond donors (Lipinski definition) is 1. The molecule has 5 rings (SSSR count). The zero-order chi connectivity index (χ0) is 20.7. The van der Waals surface area contributed by atoms with Crippen LogP contribution < -0.4 is 9.46 Å². The topological polar surface area (TPSA) is 58.6 Å². The van der Waals surface area contributed by atoms with Crippen LogP contribution >= 0.6 is 0 Å². The fourth-order valence-corrected chi connectivity index (χ4v) is 5.32. The molecule has 5 nitrogen and oxygen atoms in total. The number of benzene rings is 1. The van der Waals surface area contributed by atoms with Gasteiger partial charge >= 0.3 is 0 Å². The molecule has 0 spiro atoms. The van der Waals surface area contributed by atoms with E-state index in [1.807, 2.05) is 0 Å². The Hall–Kier alpha value is -1.73. The Balaban J connectivity index is 1.25. The first-order valence-electron chi connectivity index (χ1n) is 11.2. The zero-order valence-electron chi connectivity index (χ0n) is 17.2. The molecule has 1 aromatic carbocycles. The Morgan fingerprint density at radius 1 is 1.17 bits per heavy atom. The van der Waals surface area contributed by atoms with E-state index in [-0.39, 0.29) is 5.56 Å². The number of allylic oxidation sites excluding steroid dienone is 2. The summed E-state index contributed by atoms with van der Waals surface area (Å²) in [7, 11) is 0. The summed E-state index contributed by atoms with van der Waals surface area (Å²) < 4.78 is 37.0. The Morgan fingerprint density at radius 3 is 2.53 bits per heavy atom. The molecule has 1 amide bonds. The second-order valence-electron chi connectivity index (χ2n) is 9.11. The molecule has 3 fully saturated rings. The molecule has 4 aliphatic rings. The molecule has 1 aliphatic heterocycles. The number of rotatable bonds is 8. The summed E-state index contributed by atoms with van der Waals surface area (Å²) in [6.45, 7) is 1.96. The normalized spacial score (nSPS) is 25.2. The fourth-order valence-electron chi connectivity index (χ4n) is 4.33. The third kappa shape index (κ3) is 4.47. The van der Waals surface area contributed by atoms with E-state index in [9.17, 15) is 13.4 Å². The van der Waals surface area contributed by atoms with Crippen LogP contribution in [-0.2, 0) is 11.2 Å². The lowest BCUT2D eigenvalue weighted by molar-refractivity contribution is 0.0976. The van der Waals surface area contributed by atoms with Crippen molar-refractivity contribution >= 4 is 17.1 Å². The quantitative estimate of drug-likeness (QED) is 0.626. The van der Waals surface area contributed by atoms with Crippen LogP contribution in [0.2, 0.25) is 0 Å². The number of ether oxygens (including phenoxy) is 1. The van der Waals surface area contributed by atoms with Gasteiger partial charge in [-0.25, -0.2) is 12.9 Å². The lowest BCUT2D eigenvalue weighted by atomic mass is 9.88.